The third-order valence-electron chi connectivity index (χ3n) is 11.8. The second-order valence-corrected chi connectivity index (χ2v) is 14.0. The normalized spacial score (nSPS) is 45.0. The highest BCUT2D eigenvalue weighted by molar-refractivity contribution is 5.86. The van der Waals surface area contributed by atoms with Gasteiger partial charge in [-0.3, -0.25) is 0 Å². The maximum Gasteiger partial charge on any atom is 0.152 e. The zero-order chi connectivity index (χ0) is 26.9. The summed E-state index contributed by atoms with van der Waals surface area (Å²) >= 11 is 0. The topological polar surface area (TPSA) is 87.2 Å². The molecule has 2 unspecified atom stereocenters. The number of benzene rings is 1. The lowest BCUT2D eigenvalue weighted by atomic mass is 9.40. The monoisotopic (exact) mass is 521 g/mol. The summed E-state index contributed by atoms with van der Waals surface area (Å²) in [7, 11) is 0. The molecule has 2 aliphatic heterocycles. The Hall–Kier alpha value is -1.70. The van der Waals surface area contributed by atoms with Crippen LogP contribution >= 0.6 is 0 Å². The number of allylic oxidation sites excluding steroid dienone is 1. The van der Waals surface area contributed by atoms with E-state index in [9.17, 15) is 10.2 Å². The molecule has 5 aliphatic rings. The van der Waals surface area contributed by atoms with Crippen LogP contribution in [0.25, 0.3) is 10.9 Å². The van der Waals surface area contributed by atoms with Gasteiger partial charge in [-0.15, -0.1) is 0 Å². The van der Waals surface area contributed by atoms with Crippen molar-refractivity contribution >= 4 is 10.9 Å². The summed E-state index contributed by atoms with van der Waals surface area (Å²) in [5.41, 5.74) is 1.76. The molecule has 4 fully saturated rings. The molecule has 0 radical (unpaired) electrons. The molecule has 2 aromatic rings. The molecule has 2 saturated heterocycles. The van der Waals surface area contributed by atoms with Gasteiger partial charge in [0.15, 0.2) is 5.60 Å². The van der Waals surface area contributed by atoms with E-state index >= 15 is 0 Å². The van der Waals surface area contributed by atoms with Crippen LogP contribution in [0.15, 0.2) is 35.9 Å². The van der Waals surface area contributed by atoms with Gasteiger partial charge in [0, 0.05) is 27.4 Å². The number of aromatic amines is 1. The molecule has 1 aromatic heterocycles. The first-order valence-corrected chi connectivity index (χ1v) is 14.5. The minimum Gasteiger partial charge on any atom is -0.387 e. The standard InChI is InChI=1S/C32H43NO5/c1-18(2)13-16-36-28(3,4)26-24(34)27-32(38-27)23(37-26)12-14-29(5)30(6)19(11-15-31(29,32)35)17-21-20-9-7-8-10-22(20)33-25(21)30/h7-10,13,19,23-24,26-27,33-35H,11-12,14-17H2,1-6H3/t19?,23?,24-,26+,27+,29-,30-,31+,32+/m1/s1. The van der Waals surface area contributed by atoms with E-state index in [-0.39, 0.29) is 11.5 Å². The molecule has 6 heteroatoms. The molecule has 2 saturated carbocycles. The number of nitrogens with one attached hydrogen (secondary N) is 1. The van der Waals surface area contributed by atoms with Crippen LogP contribution in [0.2, 0.25) is 0 Å². The average Bonchev–Trinajstić information content (AvgIpc) is 3.44. The molecular weight excluding hydrogens is 478 g/mol. The van der Waals surface area contributed by atoms with E-state index in [1.165, 1.54) is 27.7 Å². The minimum absolute atomic E-state index is 0.223. The number of aliphatic hydroxyl groups excluding tert-OH is 1. The summed E-state index contributed by atoms with van der Waals surface area (Å²) in [5.74, 6) is 0.466. The maximum atomic E-state index is 12.9. The molecular formula is C32H43NO5. The van der Waals surface area contributed by atoms with E-state index in [1.54, 1.807) is 0 Å². The summed E-state index contributed by atoms with van der Waals surface area (Å²) in [6, 6.07) is 8.59. The Morgan fingerprint density at radius 1 is 1.18 bits per heavy atom. The highest BCUT2D eigenvalue weighted by Crippen LogP contribution is 2.75. The number of aromatic nitrogens is 1. The van der Waals surface area contributed by atoms with Crippen LogP contribution < -0.4 is 0 Å². The molecule has 1 aromatic carbocycles. The molecule has 3 aliphatic carbocycles. The Kier molecular flexibility index (Phi) is 5.14. The van der Waals surface area contributed by atoms with Crippen molar-refractivity contribution in [1.29, 1.82) is 0 Å². The molecule has 9 atom stereocenters. The quantitative estimate of drug-likeness (QED) is 0.392. The molecule has 3 heterocycles. The third kappa shape index (κ3) is 2.81. The second kappa shape index (κ2) is 7.73. The predicted molar refractivity (Wildman–Crippen MR) is 146 cm³/mol. The second-order valence-electron chi connectivity index (χ2n) is 14.0. The van der Waals surface area contributed by atoms with Gasteiger partial charge in [0.1, 0.15) is 23.9 Å². The molecule has 1 spiro atoms. The molecule has 6 nitrogen and oxygen atoms in total. The largest absolute Gasteiger partial charge is 0.387 e. The molecule has 3 N–H and O–H groups in total. The van der Waals surface area contributed by atoms with E-state index < -0.39 is 40.5 Å². The first-order chi connectivity index (χ1) is 17.9. The first kappa shape index (κ1) is 25.3. The van der Waals surface area contributed by atoms with Gasteiger partial charge in [0.05, 0.1) is 18.3 Å². The number of para-hydroxylation sites is 1. The van der Waals surface area contributed by atoms with Crippen molar-refractivity contribution in [3.8, 4) is 0 Å². The Bertz CT molecular complexity index is 1330. The molecule has 38 heavy (non-hydrogen) atoms. The molecule has 0 amide bonds. The van der Waals surface area contributed by atoms with Gasteiger partial charge in [-0.05, 0) is 77.3 Å². The number of hydrogen-bond donors (Lipinski definition) is 3. The zero-order valence-electron chi connectivity index (χ0n) is 23.6. The van der Waals surface area contributed by atoms with Crippen molar-refractivity contribution in [3.63, 3.8) is 0 Å². The summed E-state index contributed by atoms with van der Waals surface area (Å²) < 4.78 is 19.4. The van der Waals surface area contributed by atoms with E-state index in [1.807, 2.05) is 33.8 Å². The van der Waals surface area contributed by atoms with E-state index in [0.717, 1.165) is 25.7 Å². The Morgan fingerprint density at radius 2 is 1.95 bits per heavy atom. The van der Waals surface area contributed by atoms with E-state index in [2.05, 4.69) is 43.1 Å². The number of epoxide rings is 1. The summed E-state index contributed by atoms with van der Waals surface area (Å²) in [6.45, 7) is 13.2. The highest BCUT2D eigenvalue weighted by Gasteiger charge is 2.86. The fourth-order valence-electron chi connectivity index (χ4n) is 9.47. The smallest absolute Gasteiger partial charge is 0.152 e. The SMILES string of the molecule is CC(C)=CCOC(C)(C)[C@H]1OC2CC[C@@]3(C)[C@@](O)(CCC4Cc5c([nH]c6ccccc56)[C@@]43C)[C@]23O[C@H]3[C@@H]1O. The van der Waals surface area contributed by atoms with Gasteiger partial charge >= 0.3 is 0 Å². The van der Waals surface area contributed by atoms with Gasteiger partial charge in [0.2, 0.25) is 0 Å². The summed E-state index contributed by atoms with van der Waals surface area (Å²) in [4.78, 5) is 3.80. The number of H-pyrrole nitrogens is 1. The van der Waals surface area contributed by atoms with Crippen LogP contribution in [0.5, 0.6) is 0 Å². The Labute approximate surface area is 225 Å². The lowest BCUT2D eigenvalue weighted by Gasteiger charge is -2.66. The summed E-state index contributed by atoms with van der Waals surface area (Å²) in [5, 5.41) is 25.8. The lowest BCUT2D eigenvalue weighted by Crippen LogP contribution is -2.76. The Balaban J connectivity index is 1.25. The van der Waals surface area contributed by atoms with E-state index in [4.69, 9.17) is 14.2 Å². The van der Waals surface area contributed by atoms with Crippen molar-refractivity contribution in [3.05, 3.63) is 47.2 Å². The van der Waals surface area contributed by atoms with Crippen LogP contribution in [0.3, 0.4) is 0 Å². The number of fused-ring (bicyclic) bond motifs is 7. The fourth-order valence-corrected chi connectivity index (χ4v) is 9.47. The van der Waals surface area contributed by atoms with Crippen LogP contribution in [0.1, 0.15) is 78.5 Å². The highest BCUT2D eigenvalue weighted by atomic mass is 16.7. The molecule has 0 bridgehead atoms. The third-order valence-corrected chi connectivity index (χ3v) is 11.8. The minimum atomic E-state index is -1.10. The average molecular weight is 522 g/mol. The van der Waals surface area contributed by atoms with Crippen molar-refractivity contribution in [2.45, 2.75) is 120 Å². The van der Waals surface area contributed by atoms with Crippen LogP contribution in [0.4, 0.5) is 0 Å². The number of hydrogen-bond acceptors (Lipinski definition) is 5. The van der Waals surface area contributed by atoms with Gasteiger partial charge in [-0.2, -0.15) is 0 Å². The van der Waals surface area contributed by atoms with Crippen LogP contribution in [0, 0.1) is 11.3 Å². The van der Waals surface area contributed by atoms with Gasteiger partial charge < -0.3 is 29.4 Å². The predicted octanol–water partition coefficient (Wildman–Crippen LogP) is 4.95. The van der Waals surface area contributed by atoms with E-state index in [0.29, 0.717) is 18.9 Å². The van der Waals surface area contributed by atoms with Gasteiger partial charge in [-0.1, -0.05) is 43.7 Å². The number of rotatable bonds is 4. The van der Waals surface area contributed by atoms with Gasteiger partial charge in [-0.25, -0.2) is 0 Å². The van der Waals surface area contributed by atoms with Crippen molar-refractivity contribution in [2.24, 2.45) is 11.3 Å². The zero-order valence-corrected chi connectivity index (χ0v) is 23.6. The first-order valence-electron chi connectivity index (χ1n) is 14.5. The summed E-state index contributed by atoms with van der Waals surface area (Å²) in [6.07, 6.45) is 4.21. The Morgan fingerprint density at radius 3 is 2.71 bits per heavy atom. The van der Waals surface area contributed by atoms with Crippen molar-refractivity contribution in [2.75, 3.05) is 6.61 Å². The van der Waals surface area contributed by atoms with Crippen LogP contribution in [-0.2, 0) is 26.0 Å². The van der Waals surface area contributed by atoms with Gasteiger partial charge in [0.25, 0.3) is 0 Å². The van der Waals surface area contributed by atoms with Crippen LogP contribution in [-0.4, -0.2) is 63.0 Å². The maximum absolute atomic E-state index is 12.9. The number of ether oxygens (including phenoxy) is 3. The molecule has 7 rings (SSSR count). The number of aliphatic hydroxyl groups is 2. The lowest BCUT2D eigenvalue weighted by molar-refractivity contribution is -0.283. The van der Waals surface area contributed by atoms with Crippen molar-refractivity contribution in [1.82, 2.24) is 4.98 Å². The fraction of sp³-hybridized carbons (Fsp3) is 0.688. The molecule has 206 valence electrons. The van der Waals surface area contributed by atoms with Crippen molar-refractivity contribution < 1.29 is 24.4 Å².